The zero-order chi connectivity index (χ0) is 25.4. The Balaban J connectivity index is 1.50. The van der Waals surface area contributed by atoms with Crippen LogP contribution in [0, 0.1) is 0 Å². The highest BCUT2D eigenvalue weighted by molar-refractivity contribution is 7.21. The molecule has 0 amide bonds. The predicted octanol–water partition coefficient (Wildman–Crippen LogP) is 6.24. The number of hydrogen-bond donors (Lipinski definition) is 2. The molecule has 3 heterocycles. The van der Waals surface area contributed by atoms with Crippen molar-refractivity contribution in [3.8, 4) is 11.4 Å². The van der Waals surface area contributed by atoms with E-state index in [9.17, 15) is 13.2 Å². The van der Waals surface area contributed by atoms with E-state index < -0.39 is 11.7 Å². The molecule has 13 heteroatoms. The summed E-state index contributed by atoms with van der Waals surface area (Å²) >= 11 is 14.4. The highest BCUT2D eigenvalue weighted by Gasteiger charge is 2.30. The molecule has 0 bridgehead atoms. The lowest BCUT2D eigenvalue weighted by Crippen LogP contribution is -2.35. The molecule has 0 atom stereocenters. The molecule has 4 aromatic rings. The van der Waals surface area contributed by atoms with Gasteiger partial charge in [-0.25, -0.2) is 15.0 Å². The molecular formula is C23H19Cl2F3N6OS. The first-order chi connectivity index (χ1) is 17.2. The minimum absolute atomic E-state index is 0.244. The van der Waals surface area contributed by atoms with Crippen molar-refractivity contribution in [1.82, 2.24) is 19.9 Å². The number of rotatable bonds is 5. The molecule has 1 aliphatic rings. The molecule has 5 rings (SSSR count). The number of thiazole rings is 1. The lowest BCUT2D eigenvalue weighted by Gasteiger charge is -2.26. The van der Waals surface area contributed by atoms with Crippen LogP contribution in [0.15, 0.2) is 36.4 Å². The summed E-state index contributed by atoms with van der Waals surface area (Å²) in [5.74, 6) is 0.515. The molecule has 36 heavy (non-hydrogen) atoms. The molecule has 7 nitrogen and oxygen atoms in total. The van der Waals surface area contributed by atoms with Crippen LogP contribution in [0.2, 0.25) is 10.0 Å². The first-order valence-electron chi connectivity index (χ1n) is 10.8. The summed E-state index contributed by atoms with van der Waals surface area (Å²) < 4.78 is 44.2. The minimum atomic E-state index is -4.43. The fourth-order valence-corrected chi connectivity index (χ4v) is 5.27. The zero-order valence-corrected chi connectivity index (χ0v) is 20.9. The van der Waals surface area contributed by atoms with Crippen molar-refractivity contribution >= 4 is 61.5 Å². The molecule has 2 aromatic carbocycles. The number of aromatic nitrogens is 3. The maximum Gasteiger partial charge on any atom is 0.416 e. The summed E-state index contributed by atoms with van der Waals surface area (Å²) in [6.45, 7) is 3.68. The highest BCUT2D eigenvalue weighted by atomic mass is 35.5. The topological polar surface area (TPSA) is 89.2 Å². The zero-order valence-electron chi connectivity index (χ0n) is 18.6. The van der Waals surface area contributed by atoms with Gasteiger partial charge < -0.3 is 15.8 Å². The third kappa shape index (κ3) is 5.35. The number of morpholine rings is 1. The van der Waals surface area contributed by atoms with E-state index in [1.54, 1.807) is 0 Å². The maximum atomic E-state index is 12.9. The minimum Gasteiger partial charge on any atom is -0.379 e. The van der Waals surface area contributed by atoms with Crippen LogP contribution in [0.1, 0.15) is 11.1 Å². The Hall–Kier alpha value is -2.70. The number of halogens is 5. The number of ether oxygens (including phenoxy) is 1. The molecule has 2 aromatic heterocycles. The molecule has 1 saturated heterocycles. The van der Waals surface area contributed by atoms with Crippen molar-refractivity contribution in [3.63, 3.8) is 0 Å². The number of nitrogen functional groups attached to an aromatic ring is 1. The molecule has 0 spiro atoms. The first kappa shape index (κ1) is 25.0. The Morgan fingerprint density at radius 1 is 1.03 bits per heavy atom. The van der Waals surface area contributed by atoms with Crippen molar-refractivity contribution in [2.24, 2.45) is 0 Å². The second kappa shape index (κ2) is 9.98. The summed E-state index contributed by atoms with van der Waals surface area (Å²) in [5.41, 5.74) is 7.30. The number of anilines is 3. The van der Waals surface area contributed by atoms with E-state index in [-0.39, 0.29) is 16.8 Å². The van der Waals surface area contributed by atoms with Crippen LogP contribution < -0.4 is 11.1 Å². The predicted molar refractivity (Wildman–Crippen MR) is 136 cm³/mol. The normalized spacial score (nSPS) is 14.9. The van der Waals surface area contributed by atoms with Gasteiger partial charge in [0.2, 0.25) is 0 Å². The lowest BCUT2D eigenvalue weighted by molar-refractivity contribution is -0.137. The Labute approximate surface area is 218 Å². The SMILES string of the molecule is Nc1nc2c(Nc3ccc(C(F)(F)F)cc3)nc(-c3c(Cl)cc(CN4CCOCC4)cc3Cl)nc2s1. The van der Waals surface area contributed by atoms with Crippen molar-refractivity contribution in [3.05, 3.63) is 57.6 Å². The Morgan fingerprint density at radius 2 is 1.69 bits per heavy atom. The summed E-state index contributed by atoms with van der Waals surface area (Å²) in [6.07, 6.45) is -4.43. The maximum absolute atomic E-state index is 12.9. The van der Waals surface area contributed by atoms with E-state index >= 15 is 0 Å². The van der Waals surface area contributed by atoms with Gasteiger partial charge in [0.15, 0.2) is 21.6 Å². The average Bonchev–Trinajstić information content (AvgIpc) is 3.20. The number of nitrogens with one attached hydrogen (secondary N) is 1. The molecule has 188 valence electrons. The van der Waals surface area contributed by atoms with Crippen LogP contribution in [-0.4, -0.2) is 46.2 Å². The van der Waals surface area contributed by atoms with Crippen LogP contribution in [-0.2, 0) is 17.5 Å². The highest BCUT2D eigenvalue weighted by Crippen LogP contribution is 2.38. The standard InChI is InChI=1S/C23H19Cl2F3N6OS/c24-15-9-12(11-34-5-7-35-8-6-34)10-16(25)17(15)19-32-20(18-21(33-19)36-22(29)31-18)30-14-3-1-13(2-4-14)23(26,27)28/h1-4,9-10H,5-8,11H2,(H2,29,31)(H,30,32,33). The number of fused-ring (bicyclic) bond motifs is 1. The van der Waals surface area contributed by atoms with Crippen LogP contribution in [0.3, 0.4) is 0 Å². The van der Waals surface area contributed by atoms with Crippen molar-refractivity contribution in [1.29, 1.82) is 0 Å². The largest absolute Gasteiger partial charge is 0.416 e. The fourth-order valence-electron chi connectivity index (χ4n) is 3.86. The summed E-state index contributed by atoms with van der Waals surface area (Å²) in [7, 11) is 0. The second-order valence-corrected chi connectivity index (χ2v) is 9.95. The van der Waals surface area contributed by atoms with Crippen molar-refractivity contribution in [2.75, 3.05) is 37.4 Å². The smallest absolute Gasteiger partial charge is 0.379 e. The van der Waals surface area contributed by atoms with E-state index in [2.05, 4.69) is 25.2 Å². The van der Waals surface area contributed by atoms with Crippen LogP contribution >= 0.6 is 34.5 Å². The quantitative estimate of drug-likeness (QED) is 0.302. The van der Waals surface area contributed by atoms with E-state index in [0.717, 1.165) is 42.1 Å². The van der Waals surface area contributed by atoms with E-state index in [0.29, 0.717) is 51.4 Å². The average molecular weight is 555 g/mol. The monoisotopic (exact) mass is 554 g/mol. The molecule has 0 radical (unpaired) electrons. The third-order valence-corrected chi connectivity index (χ3v) is 6.96. The number of benzene rings is 2. The molecular weight excluding hydrogens is 536 g/mol. The van der Waals surface area contributed by atoms with Gasteiger partial charge in [0.05, 0.1) is 34.4 Å². The van der Waals surface area contributed by atoms with Gasteiger partial charge in [0, 0.05) is 25.3 Å². The van der Waals surface area contributed by atoms with E-state index in [4.69, 9.17) is 33.7 Å². The Bertz CT molecular complexity index is 1380. The first-order valence-corrected chi connectivity index (χ1v) is 12.4. The number of hydrogen-bond acceptors (Lipinski definition) is 8. The summed E-state index contributed by atoms with van der Waals surface area (Å²) in [5, 5.41) is 4.04. The molecule has 3 N–H and O–H groups in total. The van der Waals surface area contributed by atoms with Crippen LogP contribution in [0.25, 0.3) is 21.7 Å². The Morgan fingerprint density at radius 3 is 2.33 bits per heavy atom. The van der Waals surface area contributed by atoms with Gasteiger partial charge in [-0.2, -0.15) is 13.2 Å². The van der Waals surface area contributed by atoms with Gasteiger partial charge in [-0.3, -0.25) is 4.90 Å². The van der Waals surface area contributed by atoms with Gasteiger partial charge in [-0.15, -0.1) is 0 Å². The van der Waals surface area contributed by atoms with E-state index in [1.807, 2.05) is 12.1 Å². The fraction of sp³-hybridized carbons (Fsp3) is 0.261. The Kier molecular flexibility index (Phi) is 6.92. The van der Waals surface area contributed by atoms with Gasteiger partial charge in [0.25, 0.3) is 0 Å². The van der Waals surface area contributed by atoms with Gasteiger partial charge >= 0.3 is 6.18 Å². The van der Waals surface area contributed by atoms with Gasteiger partial charge in [-0.05, 0) is 42.0 Å². The van der Waals surface area contributed by atoms with E-state index in [1.165, 1.54) is 12.1 Å². The third-order valence-electron chi connectivity index (χ3n) is 5.59. The van der Waals surface area contributed by atoms with Crippen LogP contribution in [0.5, 0.6) is 0 Å². The molecule has 0 aliphatic carbocycles. The van der Waals surface area contributed by atoms with Crippen molar-refractivity contribution < 1.29 is 17.9 Å². The molecule has 0 saturated carbocycles. The number of alkyl halides is 3. The summed E-state index contributed by atoms with van der Waals surface area (Å²) in [4.78, 5) is 16.1. The summed E-state index contributed by atoms with van der Waals surface area (Å²) in [6, 6.07) is 8.25. The molecule has 1 aliphatic heterocycles. The molecule has 0 unspecified atom stereocenters. The number of nitrogens with two attached hydrogens (primary N) is 1. The number of nitrogens with zero attached hydrogens (tertiary/aromatic N) is 4. The second-order valence-electron chi connectivity index (χ2n) is 8.12. The van der Waals surface area contributed by atoms with Crippen molar-refractivity contribution in [2.45, 2.75) is 12.7 Å². The van der Waals surface area contributed by atoms with Gasteiger partial charge in [0.1, 0.15) is 5.52 Å². The van der Waals surface area contributed by atoms with Crippen LogP contribution in [0.4, 0.5) is 29.8 Å². The lowest BCUT2D eigenvalue weighted by atomic mass is 10.1. The van der Waals surface area contributed by atoms with Gasteiger partial charge in [-0.1, -0.05) is 34.5 Å². The molecule has 1 fully saturated rings.